The Kier molecular flexibility index (Phi) is 5.08. The van der Waals surface area contributed by atoms with Gasteiger partial charge >= 0.3 is 0 Å². The number of nitrogens with one attached hydrogen (secondary N) is 1. The van der Waals surface area contributed by atoms with Gasteiger partial charge < -0.3 is 5.32 Å². The first-order chi connectivity index (χ1) is 8.33. The summed E-state index contributed by atoms with van der Waals surface area (Å²) in [6.07, 6.45) is 10.2. The third-order valence-corrected chi connectivity index (χ3v) is 4.82. The van der Waals surface area contributed by atoms with Gasteiger partial charge in [0.1, 0.15) is 0 Å². The molecule has 0 radical (unpaired) electrons. The predicted molar refractivity (Wildman–Crippen MR) is 76.9 cm³/mol. The third kappa shape index (κ3) is 3.34. The number of hydrogen-bond acceptors (Lipinski definition) is 2. The van der Waals surface area contributed by atoms with Gasteiger partial charge in [-0.15, -0.1) is 11.3 Å². The zero-order valence-corrected chi connectivity index (χ0v) is 11.9. The highest BCUT2D eigenvalue weighted by Crippen LogP contribution is 2.35. The molecule has 1 aromatic rings. The molecule has 0 saturated heterocycles. The number of rotatable bonds is 3. The molecule has 1 N–H and O–H groups in total. The van der Waals surface area contributed by atoms with Gasteiger partial charge in [0.05, 0.1) is 11.1 Å². The summed E-state index contributed by atoms with van der Waals surface area (Å²) in [6, 6.07) is 2.32. The van der Waals surface area contributed by atoms with Crippen molar-refractivity contribution in [2.45, 2.75) is 44.6 Å². The van der Waals surface area contributed by atoms with Crippen LogP contribution in [-0.4, -0.2) is 7.05 Å². The van der Waals surface area contributed by atoms with Gasteiger partial charge in [-0.2, -0.15) is 0 Å². The minimum absolute atomic E-state index is 0.320. The van der Waals surface area contributed by atoms with E-state index in [-0.39, 0.29) is 0 Å². The van der Waals surface area contributed by atoms with E-state index in [1.165, 1.54) is 49.0 Å². The summed E-state index contributed by atoms with van der Waals surface area (Å²) < 4.78 is 0. The van der Waals surface area contributed by atoms with E-state index in [0.717, 1.165) is 5.02 Å². The largest absolute Gasteiger partial charge is 0.309 e. The standard InChI is InChI=1S/C14H20ClNS/c1-16-13(14-12(15)9-10-17-14)11-7-5-3-2-4-6-8-11/h7,9-10,13,16H,2-6,8H2,1H3/b11-7+. The van der Waals surface area contributed by atoms with Crippen molar-refractivity contribution in [2.24, 2.45) is 0 Å². The summed E-state index contributed by atoms with van der Waals surface area (Å²) >= 11 is 8.00. The Balaban J connectivity index is 2.19. The van der Waals surface area contributed by atoms with E-state index in [2.05, 4.69) is 16.8 Å². The van der Waals surface area contributed by atoms with Crippen molar-refractivity contribution < 1.29 is 0 Å². The molecule has 0 bridgehead atoms. The third-order valence-electron chi connectivity index (χ3n) is 3.39. The second kappa shape index (κ2) is 6.58. The van der Waals surface area contributed by atoms with Crippen LogP contribution in [0.1, 0.15) is 49.4 Å². The average Bonchev–Trinajstić information content (AvgIpc) is 2.69. The molecule has 1 heterocycles. The monoisotopic (exact) mass is 269 g/mol. The smallest absolute Gasteiger partial charge is 0.0643 e. The van der Waals surface area contributed by atoms with Gasteiger partial charge in [-0.25, -0.2) is 0 Å². The summed E-state index contributed by atoms with van der Waals surface area (Å²) in [7, 11) is 2.03. The van der Waals surface area contributed by atoms with Crippen molar-refractivity contribution in [1.29, 1.82) is 0 Å². The van der Waals surface area contributed by atoms with Crippen LogP contribution in [0.25, 0.3) is 0 Å². The maximum absolute atomic E-state index is 6.25. The molecule has 1 aliphatic rings. The van der Waals surface area contributed by atoms with Crippen LogP contribution in [0.3, 0.4) is 0 Å². The van der Waals surface area contributed by atoms with E-state index in [4.69, 9.17) is 11.6 Å². The van der Waals surface area contributed by atoms with Crippen molar-refractivity contribution in [3.8, 4) is 0 Å². The molecule has 0 fully saturated rings. The second-order valence-corrected chi connectivity index (χ2v) is 5.94. The summed E-state index contributed by atoms with van der Waals surface area (Å²) in [5, 5.41) is 6.40. The molecule has 1 nitrogen and oxygen atoms in total. The molecule has 3 heteroatoms. The van der Waals surface area contributed by atoms with Crippen molar-refractivity contribution in [3.63, 3.8) is 0 Å². The lowest BCUT2D eigenvalue weighted by Crippen LogP contribution is -2.18. The predicted octanol–water partition coefficient (Wildman–Crippen LogP) is 4.94. The van der Waals surface area contributed by atoms with E-state index < -0.39 is 0 Å². The highest BCUT2D eigenvalue weighted by Gasteiger charge is 2.19. The van der Waals surface area contributed by atoms with E-state index in [0.29, 0.717) is 6.04 Å². The molecule has 1 atom stereocenters. The van der Waals surface area contributed by atoms with Crippen LogP contribution in [-0.2, 0) is 0 Å². The maximum atomic E-state index is 6.25. The highest BCUT2D eigenvalue weighted by molar-refractivity contribution is 7.10. The van der Waals surface area contributed by atoms with E-state index in [1.807, 2.05) is 13.1 Å². The van der Waals surface area contributed by atoms with E-state index in [9.17, 15) is 0 Å². The van der Waals surface area contributed by atoms with Crippen molar-refractivity contribution in [1.82, 2.24) is 5.32 Å². The lowest BCUT2D eigenvalue weighted by molar-refractivity contribution is 0.577. The van der Waals surface area contributed by atoms with E-state index in [1.54, 1.807) is 11.3 Å². The first-order valence-corrected chi connectivity index (χ1v) is 7.67. The number of halogens is 1. The van der Waals surface area contributed by atoms with Crippen LogP contribution in [0.5, 0.6) is 0 Å². The fourth-order valence-corrected chi connectivity index (χ4v) is 3.79. The lowest BCUT2D eigenvalue weighted by Gasteiger charge is -2.21. The van der Waals surface area contributed by atoms with Crippen LogP contribution in [0, 0.1) is 0 Å². The number of allylic oxidation sites excluding steroid dienone is 1. The Labute approximate surface area is 113 Å². The molecule has 1 aromatic heterocycles. The number of thiophene rings is 1. The normalized spacial score (nSPS) is 22.4. The Hall–Kier alpha value is -0.310. The minimum Gasteiger partial charge on any atom is -0.309 e. The summed E-state index contributed by atoms with van der Waals surface area (Å²) in [4.78, 5) is 1.26. The first kappa shape index (κ1) is 13.1. The minimum atomic E-state index is 0.320. The molecule has 1 aliphatic carbocycles. The Morgan fingerprint density at radius 3 is 2.82 bits per heavy atom. The molecule has 94 valence electrons. The zero-order chi connectivity index (χ0) is 12.1. The second-order valence-electron chi connectivity index (χ2n) is 4.59. The molecule has 0 saturated carbocycles. The van der Waals surface area contributed by atoms with Gasteiger partial charge in [0, 0.05) is 4.88 Å². The summed E-state index contributed by atoms with van der Waals surface area (Å²) in [5.74, 6) is 0. The van der Waals surface area contributed by atoms with Crippen LogP contribution in [0.2, 0.25) is 5.02 Å². The lowest BCUT2D eigenvalue weighted by atomic mass is 9.94. The molecular formula is C14H20ClNS. The Morgan fingerprint density at radius 1 is 1.29 bits per heavy atom. The van der Waals surface area contributed by atoms with Crippen LogP contribution in [0.4, 0.5) is 0 Å². The van der Waals surface area contributed by atoms with Gasteiger partial charge in [0.2, 0.25) is 0 Å². The quantitative estimate of drug-likeness (QED) is 0.766. The van der Waals surface area contributed by atoms with Crippen molar-refractivity contribution >= 4 is 22.9 Å². The molecule has 0 spiro atoms. The first-order valence-electron chi connectivity index (χ1n) is 6.42. The highest BCUT2D eigenvalue weighted by atomic mass is 35.5. The summed E-state index contributed by atoms with van der Waals surface area (Å²) in [5.41, 5.74) is 1.52. The molecular weight excluding hydrogens is 250 g/mol. The molecule has 0 aromatic carbocycles. The topological polar surface area (TPSA) is 12.0 Å². The molecule has 0 amide bonds. The van der Waals surface area contributed by atoms with Gasteiger partial charge in [-0.05, 0) is 44.2 Å². The van der Waals surface area contributed by atoms with Crippen molar-refractivity contribution in [3.05, 3.63) is 33.0 Å². The number of hydrogen-bond donors (Lipinski definition) is 1. The van der Waals surface area contributed by atoms with Crippen LogP contribution >= 0.6 is 22.9 Å². The molecule has 1 unspecified atom stereocenters. The van der Waals surface area contributed by atoms with Gasteiger partial charge in [0.25, 0.3) is 0 Å². The van der Waals surface area contributed by atoms with Gasteiger partial charge in [-0.1, -0.05) is 36.1 Å². The Morgan fingerprint density at radius 2 is 2.12 bits per heavy atom. The fourth-order valence-electron chi connectivity index (χ4n) is 2.48. The van der Waals surface area contributed by atoms with Gasteiger partial charge in [-0.3, -0.25) is 0 Å². The van der Waals surface area contributed by atoms with E-state index >= 15 is 0 Å². The average molecular weight is 270 g/mol. The molecule has 17 heavy (non-hydrogen) atoms. The molecule has 2 rings (SSSR count). The van der Waals surface area contributed by atoms with Gasteiger partial charge in [0.15, 0.2) is 0 Å². The SMILES string of the molecule is CNC(/C1=C/CCCCCC1)c1sccc1Cl. The number of likely N-dealkylation sites (N-methyl/N-ethyl adjacent to an activating group) is 1. The Bertz CT molecular complexity index is 383. The zero-order valence-electron chi connectivity index (χ0n) is 10.3. The van der Waals surface area contributed by atoms with Crippen LogP contribution < -0.4 is 5.32 Å². The summed E-state index contributed by atoms with van der Waals surface area (Å²) in [6.45, 7) is 0. The maximum Gasteiger partial charge on any atom is 0.0643 e. The fraction of sp³-hybridized carbons (Fsp3) is 0.571. The van der Waals surface area contributed by atoms with Crippen LogP contribution in [0.15, 0.2) is 23.1 Å². The molecule has 0 aliphatic heterocycles. The van der Waals surface area contributed by atoms with Crippen molar-refractivity contribution in [2.75, 3.05) is 7.05 Å².